The van der Waals surface area contributed by atoms with E-state index in [2.05, 4.69) is 26.5 Å². The summed E-state index contributed by atoms with van der Waals surface area (Å²) < 4.78 is 6.05. The lowest BCUT2D eigenvalue weighted by Gasteiger charge is -2.06. The summed E-state index contributed by atoms with van der Waals surface area (Å²) in [5, 5.41) is 4.16. The van der Waals surface area contributed by atoms with E-state index >= 15 is 0 Å². The number of thioether (sulfide) groups is 1. The van der Waals surface area contributed by atoms with Crippen molar-refractivity contribution >= 4 is 39.3 Å². The Morgan fingerprint density at radius 3 is 2.67 bits per heavy atom. The molecule has 1 N–H and O–H groups in total. The van der Waals surface area contributed by atoms with Crippen molar-refractivity contribution in [3.05, 3.63) is 58.6 Å². The number of rotatable bonds is 7. The number of benzene rings is 2. The summed E-state index contributed by atoms with van der Waals surface area (Å²) in [5.41, 5.74) is 4.26. The fourth-order valence-electron chi connectivity index (χ4n) is 1.94. The zero-order chi connectivity index (χ0) is 17.4. The van der Waals surface area contributed by atoms with Crippen LogP contribution in [0.3, 0.4) is 0 Å². The molecule has 0 saturated heterocycles. The molecule has 0 unspecified atom stereocenters. The topological polar surface area (TPSA) is 50.7 Å². The molecule has 0 aromatic heterocycles. The van der Waals surface area contributed by atoms with E-state index in [1.165, 1.54) is 0 Å². The fraction of sp³-hybridized carbons (Fsp3) is 0.222. The average Bonchev–Trinajstić information content (AvgIpc) is 2.60. The highest BCUT2D eigenvalue weighted by atomic mass is 79.9. The van der Waals surface area contributed by atoms with Gasteiger partial charge < -0.3 is 4.74 Å². The van der Waals surface area contributed by atoms with Crippen LogP contribution in [0.25, 0.3) is 0 Å². The number of amides is 1. The number of methoxy groups -OCH3 is 1. The van der Waals surface area contributed by atoms with Gasteiger partial charge in [-0.15, -0.1) is 11.8 Å². The van der Waals surface area contributed by atoms with Crippen LogP contribution in [0.4, 0.5) is 0 Å². The van der Waals surface area contributed by atoms with Crippen LogP contribution in [-0.2, 0) is 4.79 Å². The van der Waals surface area contributed by atoms with Gasteiger partial charge in [0.2, 0.25) is 5.91 Å². The number of hydrogen-bond donors (Lipinski definition) is 1. The SMILES string of the molecule is COc1ccc(C(C)=NNC(=O)CCSc2ccccc2)cc1Br. The van der Waals surface area contributed by atoms with Crippen molar-refractivity contribution in [2.75, 3.05) is 12.9 Å². The molecule has 2 aromatic rings. The molecule has 0 bridgehead atoms. The number of nitrogens with zero attached hydrogens (tertiary/aromatic N) is 1. The molecule has 126 valence electrons. The Morgan fingerprint density at radius 2 is 2.00 bits per heavy atom. The van der Waals surface area contributed by atoms with E-state index < -0.39 is 0 Å². The van der Waals surface area contributed by atoms with Gasteiger partial charge in [0.1, 0.15) is 5.75 Å². The third-order valence-corrected chi connectivity index (χ3v) is 4.89. The van der Waals surface area contributed by atoms with Gasteiger partial charge in [0.15, 0.2) is 0 Å². The van der Waals surface area contributed by atoms with Gasteiger partial charge in [-0.3, -0.25) is 4.79 Å². The number of carbonyl (C=O) groups is 1. The van der Waals surface area contributed by atoms with E-state index in [1.54, 1.807) is 18.9 Å². The molecular formula is C18H19BrN2O2S. The summed E-state index contributed by atoms with van der Waals surface area (Å²) in [5.74, 6) is 1.39. The van der Waals surface area contributed by atoms with Crippen molar-refractivity contribution in [3.63, 3.8) is 0 Å². The quantitative estimate of drug-likeness (QED) is 0.418. The molecule has 0 aliphatic heterocycles. The van der Waals surface area contributed by atoms with Crippen LogP contribution in [0.2, 0.25) is 0 Å². The number of nitrogens with one attached hydrogen (secondary N) is 1. The Balaban J connectivity index is 1.83. The summed E-state index contributed by atoms with van der Waals surface area (Å²) >= 11 is 5.10. The molecule has 0 aliphatic rings. The fourth-order valence-corrected chi connectivity index (χ4v) is 3.35. The number of carbonyl (C=O) groups excluding carboxylic acids is 1. The predicted molar refractivity (Wildman–Crippen MR) is 103 cm³/mol. The monoisotopic (exact) mass is 406 g/mol. The second-order valence-electron chi connectivity index (χ2n) is 4.99. The van der Waals surface area contributed by atoms with E-state index in [0.717, 1.165) is 32.1 Å². The Morgan fingerprint density at radius 1 is 1.25 bits per heavy atom. The van der Waals surface area contributed by atoms with E-state index in [0.29, 0.717) is 6.42 Å². The molecule has 0 radical (unpaired) electrons. The highest BCUT2D eigenvalue weighted by Crippen LogP contribution is 2.25. The molecule has 0 heterocycles. The minimum atomic E-state index is -0.0923. The largest absolute Gasteiger partial charge is 0.496 e. The summed E-state index contributed by atoms with van der Waals surface area (Å²) in [6.07, 6.45) is 0.419. The third-order valence-electron chi connectivity index (χ3n) is 3.26. The van der Waals surface area contributed by atoms with Gasteiger partial charge in [-0.1, -0.05) is 18.2 Å². The van der Waals surface area contributed by atoms with Gasteiger partial charge in [0.25, 0.3) is 0 Å². The highest BCUT2D eigenvalue weighted by molar-refractivity contribution is 9.10. The average molecular weight is 407 g/mol. The van der Waals surface area contributed by atoms with Crippen molar-refractivity contribution in [1.29, 1.82) is 0 Å². The molecule has 2 rings (SSSR count). The Bertz CT molecular complexity index is 720. The van der Waals surface area contributed by atoms with Crippen LogP contribution in [-0.4, -0.2) is 24.5 Å². The number of halogens is 1. The molecule has 6 heteroatoms. The standard InChI is InChI=1S/C18H19BrN2O2S/c1-13(14-8-9-17(23-2)16(19)12-14)20-21-18(22)10-11-24-15-6-4-3-5-7-15/h3-9,12H,10-11H2,1-2H3,(H,21,22). The van der Waals surface area contributed by atoms with Crippen LogP contribution in [0.15, 0.2) is 63.0 Å². The number of ether oxygens (including phenoxy) is 1. The molecule has 1 amide bonds. The van der Waals surface area contributed by atoms with Gasteiger partial charge in [-0.2, -0.15) is 5.10 Å². The Labute approximate surface area is 154 Å². The zero-order valence-electron chi connectivity index (χ0n) is 13.6. The molecule has 4 nitrogen and oxygen atoms in total. The Hall–Kier alpha value is -1.79. The van der Waals surface area contributed by atoms with Gasteiger partial charge in [0.05, 0.1) is 17.3 Å². The van der Waals surface area contributed by atoms with Crippen molar-refractivity contribution in [3.8, 4) is 5.75 Å². The summed E-state index contributed by atoms with van der Waals surface area (Å²) in [7, 11) is 1.62. The van der Waals surface area contributed by atoms with Crippen molar-refractivity contribution in [1.82, 2.24) is 5.43 Å². The normalized spacial score (nSPS) is 11.2. The first-order valence-electron chi connectivity index (χ1n) is 7.45. The molecule has 0 spiro atoms. The lowest BCUT2D eigenvalue weighted by atomic mass is 10.1. The van der Waals surface area contributed by atoms with Gasteiger partial charge in [-0.05, 0) is 58.7 Å². The molecule has 0 saturated carbocycles. The van der Waals surface area contributed by atoms with Crippen molar-refractivity contribution in [2.45, 2.75) is 18.2 Å². The van der Waals surface area contributed by atoms with E-state index in [1.807, 2.05) is 55.5 Å². The van der Waals surface area contributed by atoms with Crippen LogP contribution in [0.5, 0.6) is 5.75 Å². The zero-order valence-corrected chi connectivity index (χ0v) is 16.0. The first-order chi connectivity index (χ1) is 11.6. The van der Waals surface area contributed by atoms with E-state index in [4.69, 9.17) is 4.74 Å². The molecule has 0 fully saturated rings. The van der Waals surface area contributed by atoms with Crippen LogP contribution in [0.1, 0.15) is 18.9 Å². The lowest BCUT2D eigenvalue weighted by Crippen LogP contribution is -2.19. The first kappa shape index (κ1) is 18.5. The Kier molecular flexibility index (Phi) is 7.34. The van der Waals surface area contributed by atoms with Gasteiger partial charge in [0, 0.05) is 17.1 Å². The molecule has 24 heavy (non-hydrogen) atoms. The predicted octanol–water partition coefficient (Wildman–Crippen LogP) is 4.48. The number of hydrazone groups is 1. The van der Waals surface area contributed by atoms with Gasteiger partial charge in [-0.25, -0.2) is 5.43 Å². The van der Waals surface area contributed by atoms with Crippen LogP contribution < -0.4 is 10.2 Å². The minimum Gasteiger partial charge on any atom is -0.496 e. The van der Waals surface area contributed by atoms with Crippen molar-refractivity contribution < 1.29 is 9.53 Å². The smallest absolute Gasteiger partial charge is 0.240 e. The number of hydrogen-bond acceptors (Lipinski definition) is 4. The van der Waals surface area contributed by atoms with Crippen LogP contribution in [0, 0.1) is 0 Å². The van der Waals surface area contributed by atoms with E-state index in [9.17, 15) is 4.79 Å². The maximum atomic E-state index is 11.9. The maximum Gasteiger partial charge on any atom is 0.240 e. The lowest BCUT2D eigenvalue weighted by molar-refractivity contribution is -0.120. The van der Waals surface area contributed by atoms with Gasteiger partial charge >= 0.3 is 0 Å². The summed E-state index contributed by atoms with van der Waals surface area (Å²) in [6, 6.07) is 15.7. The molecule has 2 aromatic carbocycles. The molecular weight excluding hydrogens is 388 g/mol. The van der Waals surface area contributed by atoms with Crippen molar-refractivity contribution in [2.24, 2.45) is 5.10 Å². The third kappa shape index (κ3) is 5.69. The second kappa shape index (κ2) is 9.49. The van der Waals surface area contributed by atoms with Crippen LogP contribution >= 0.6 is 27.7 Å². The second-order valence-corrected chi connectivity index (χ2v) is 7.02. The summed E-state index contributed by atoms with van der Waals surface area (Å²) in [6.45, 7) is 1.85. The minimum absolute atomic E-state index is 0.0923. The maximum absolute atomic E-state index is 11.9. The van der Waals surface area contributed by atoms with E-state index in [-0.39, 0.29) is 5.91 Å². The molecule has 0 aliphatic carbocycles. The highest BCUT2D eigenvalue weighted by Gasteiger charge is 2.05. The molecule has 0 atom stereocenters. The first-order valence-corrected chi connectivity index (χ1v) is 9.23. The summed E-state index contributed by atoms with van der Waals surface area (Å²) in [4.78, 5) is 13.0.